The number of carbonyl (C=O) groups is 1. The molecule has 0 aromatic carbocycles. The molecule has 5 heteroatoms. The van der Waals surface area contributed by atoms with Gasteiger partial charge in [0.1, 0.15) is 5.69 Å². The molecule has 0 radical (unpaired) electrons. The van der Waals surface area contributed by atoms with Crippen LogP contribution in [0.4, 0.5) is 0 Å². The van der Waals surface area contributed by atoms with Crippen molar-refractivity contribution in [3.63, 3.8) is 0 Å². The van der Waals surface area contributed by atoms with Gasteiger partial charge < -0.3 is 14.6 Å². The fraction of sp³-hybridized carbons (Fsp3) is 0.583. The molecule has 1 unspecified atom stereocenters. The van der Waals surface area contributed by atoms with Crippen molar-refractivity contribution in [1.82, 2.24) is 9.47 Å². The van der Waals surface area contributed by atoms with Gasteiger partial charge in [0.25, 0.3) is 0 Å². The van der Waals surface area contributed by atoms with Crippen LogP contribution in [-0.2, 0) is 6.54 Å². The highest BCUT2D eigenvalue weighted by molar-refractivity contribution is 14.1. The van der Waals surface area contributed by atoms with Crippen LogP contribution < -0.4 is 0 Å². The summed E-state index contributed by atoms with van der Waals surface area (Å²) in [6, 6.07) is 2.23. The van der Waals surface area contributed by atoms with Crippen molar-refractivity contribution in [2.45, 2.75) is 32.9 Å². The second kappa shape index (κ2) is 6.39. The molecular formula is C12H19IN2O2. The summed E-state index contributed by atoms with van der Waals surface area (Å²) in [7, 11) is 2.07. The molecule has 0 aliphatic carbocycles. The SMILES string of the molecule is CCC(C)N(C)CCn1cc(I)cc1C(=O)O. The quantitative estimate of drug-likeness (QED) is 0.802. The zero-order valence-corrected chi connectivity index (χ0v) is 12.6. The molecule has 17 heavy (non-hydrogen) atoms. The second-order valence-corrected chi connectivity index (χ2v) is 5.53. The fourth-order valence-electron chi connectivity index (χ4n) is 1.64. The first-order chi connectivity index (χ1) is 7.95. The zero-order chi connectivity index (χ0) is 13.0. The minimum absolute atomic E-state index is 0.368. The van der Waals surface area contributed by atoms with Crippen LogP contribution >= 0.6 is 22.6 Å². The van der Waals surface area contributed by atoms with Crippen LogP contribution in [0.25, 0.3) is 0 Å². The Morgan fingerprint density at radius 1 is 1.65 bits per heavy atom. The van der Waals surface area contributed by atoms with E-state index in [2.05, 4.69) is 48.4 Å². The predicted octanol–water partition coefficient (Wildman–Crippen LogP) is 2.52. The van der Waals surface area contributed by atoms with Crippen molar-refractivity contribution in [1.29, 1.82) is 0 Å². The van der Waals surface area contributed by atoms with E-state index in [1.807, 2.05) is 10.8 Å². The molecule has 96 valence electrons. The second-order valence-electron chi connectivity index (χ2n) is 4.28. The van der Waals surface area contributed by atoms with E-state index in [0.29, 0.717) is 18.3 Å². The van der Waals surface area contributed by atoms with Crippen molar-refractivity contribution in [2.24, 2.45) is 0 Å². The summed E-state index contributed by atoms with van der Waals surface area (Å²) < 4.78 is 2.77. The highest BCUT2D eigenvalue weighted by Crippen LogP contribution is 2.12. The zero-order valence-electron chi connectivity index (χ0n) is 10.5. The Bertz CT molecular complexity index is 390. The molecule has 0 bridgehead atoms. The number of nitrogens with zero attached hydrogens (tertiary/aromatic N) is 2. The summed E-state index contributed by atoms with van der Waals surface area (Å²) in [5, 5.41) is 9.06. The molecule has 1 aromatic heterocycles. The van der Waals surface area contributed by atoms with Gasteiger partial charge in [0.05, 0.1) is 0 Å². The maximum atomic E-state index is 11.0. The highest BCUT2D eigenvalue weighted by atomic mass is 127. The molecule has 1 aromatic rings. The molecular weight excluding hydrogens is 331 g/mol. The van der Waals surface area contributed by atoms with Crippen LogP contribution in [-0.4, -0.2) is 40.2 Å². The molecule has 1 N–H and O–H groups in total. The summed E-state index contributed by atoms with van der Waals surface area (Å²) in [5.41, 5.74) is 0.368. The summed E-state index contributed by atoms with van der Waals surface area (Å²) >= 11 is 2.14. The van der Waals surface area contributed by atoms with E-state index in [1.165, 1.54) is 0 Å². The largest absolute Gasteiger partial charge is 0.477 e. The van der Waals surface area contributed by atoms with Crippen molar-refractivity contribution >= 4 is 28.6 Å². The Morgan fingerprint density at radius 3 is 2.82 bits per heavy atom. The number of halogens is 1. The highest BCUT2D eigenvalue weighted by Gasteiger charge is 2.13. The number of aromatic nitrogens is 1. The van der Waals surface area contributed by atoms with Crippen molar-refractivity contribution in [3.8, 4) is 0 Å². The minimum atomic E-state index is -0.862. The van der Waals surface area contributed by atoms with Gasteiger partial charge >= 0.3 is 5.97 Å². The van der Waals surface area contributed by atoms with Crippen molar-refractivity contribution < 1.29 is 9.90 Å². The molecule has 0 aliphatic rings. The van der Waals surface area contributed by atoms with Gasteiger partial charge in [-0.05, 0) is 49.0 Å². The Labute approximate surface area is 116 Å². The molecule has 0 amide bonds. The average molecular weight is 350 g/mol. The molecule has 0 fully saturated rings. The molecule has 0 saturated carbocycles. The number of likely N-dealkylation sites (N-methyl/N-ethyl adjacent to an activating group) is 1. The molecule has 1 heterocycles. The predicted molar refractivity (Wildman–Crippen MR) is 76.5 cm³/mol. The smallest absolute Gasteiger partial charge is 0.352 e. The standard InChI is InChI=1S/C12H19IN2O2/c1-4-9(2)14(3)5-6-15-8-10(13)7-11(15)12(16)17/h7-9H,4-6H2,1-3H3,(H,16,17). The normalized spacial score (nSPS) is 13.0. The monoisotopic (exact) mass is 350 g/mol. The van der Waals surface area contributed by atoms with E-state index < -0.39 is 5.97 Å². The number of aromatic carboxylic acids is 1. The summed E-state index contributed by atoms with van der Waals surface area (Å²) in [6.07, 6.45) is 2.99. The first-order valence-corrected chi connectivity index (χ1v) is 6.82. The lowest BCUT2D eigenvalue weighted by atomic mass is 10.2. The summed E-state index contributed by atoms with van der Waals surface area (Å²) in [6.45, 7) is 5.91. The summed E-state index contributed by atoms with van der Waals surface area (Å²) in [5.74, 6) is -0.862. The first-order valence-electron chi connectivity index (χ1n) is 5.75. The van der Waals surface area contributed by atoms with Gasteiger partial charge in [-0.25, -0.2) is 4.79 Å². The third-order valence-electron chi connectivity index (χ3n) is 3.12. The van der Waals surface area contributed by atoms with Gasteiger partial charge in [-0.3, -0.25) is 0 Å². The van der Waals surface area contributed by atoms with Gasteiger partial charge in [-0.1, -0.05) is 6.92 Å². The number of hydrogen-bond acceptors (Lipinski definition) is 2. The molecule has 0 saturated heterocycles. The van der Waals surface area contributed by atoms with Gasteiger partial charge in [0.15, 0.2) is 0 Å². The lowest BCUT2D eigenvalue weighted by molar-refractivity contribution is 0.0684. The molecule has 1 rings (SSSR count). The van der Waals surface area contributed by atoms with Crippen LogP contribution in [0.15, 0.2) is 12.3 Å². The van der Waals surface area contributed by atoms with Crippen LogP contribution in [0.1, 0.15) is 30.8 Å². The minimum Gasteiger partial charge on any atom is -0.477 e. The van der Waals surface area contributed by atoms with Crippen LogP contribution in [0, 0.1) is 3.57 Å². The van der Waals surface area contributed by atoms with E-state index >= 15 is 0 Å². The van der Waals surface area contributed by atoms with E-state index in [-0.39, 0.29) is 0 Å². The number of hydrogen-bond donors (Lipinski definition) is 1. The van der Waals surface area contributed by atoms with Crippen LogP contribution in [0.5, 0.6) is 0 Å². The molecule has 1 atom stereocenters. The van der Waals surface area contributed by atoms with Crippen molar-refractivity contribution in [3.05, 3.63) is 21.5 Å². The Balaban J connectivity index is 2.66. The number of carboxylic acids is 1. The average Bonchev–Trinajstić information content (AvgIpc) is 2.66. The third-order valence-corrected chi connectivity index (χ3v) is 3.71. The third kappa shape index (κ3) is 3.99. The molecule has 0 aliphatic heterocycles. The molecule has 0 spiro atoms. The van der Waals surface area contributed by atoms with E-state index in [0.717, 1.165) is 16.5 Å². The van der Waals surface area contributed by atoms with E-state index in [9.17, 15) is 4.79 Å². The summed E-state index contributed by atoms with van der Waals surface area (Å²) in [4.78, 5) is 13.3. The number of carboxylic acid groups (broad SMARTS) is 1. The maximum absolute atomic E-state index is 11.0. The number of rotatable bonds is 6. The van der Waals surface area contributed by atoms with Gasteiger partial charge in [0.2, 0.25) is 0 Å². The van der Waals surface area contributed by atoms with E-state index in [4.69, 9.17) is 5.11 Å². The lowest BCUT2D eigenvalue weighted by Gasteiger charge is -2.23. The molecule has 4 nitrogen and oxygen atoms in total. The van der Waals surface area contributed by atoms with Crippen molar-refractivity contribution in [2.75, 3.05) is 13.6 Å². The first kappa shape index (κ1) is 14.5. The van der Waals surface area contributed by atoms with Crippen LogP contribution in [0.2, 0.25) is 0 Å². The van der Waals surface area contributed by atoms with Gasteiger partial charge in [-0.2, -0.15) is 0 Å². The Hall–Kier alpha value is -0.560. The Kier molecular flexibility index (Phi) is 5.45. The topological polar surface area (TPSA) is 45.5 Å². The lowest BCUT2D eigenvalue weighted by Crippen LogP contribution is -2.31. The van der Waals surface area contributed by atoms with Gasteiger partial charge in [0, 0.05) is 28.9 Å². The fourth-order valence-corrected chi connectivity index (χ4v) is 2.27. The van der Waals surface area contributed by atoms with Gasteiger partial charge in [-0.15, -0.1) is 0 Å². The Morgan fingerprint density at radius 2 is 2.29 bits per heavy atom. The maximum Gasteiger partial charge on any atom is 0.352 e. The van der Waals surface area contributed by atoms with E-state index in [1.54, 1.807) is 6.07 Å². The van der Waals surface area contributed by atoms with Crippen LogP contribution in [0.3, 0.4) is 0 Å².